The molecule has 4 bridgehead atoms. The summed E-state index contributed by atoms with van der Waals surface area (Å²) in [5, 5.41) is 1.97. The maximum atomic E-state index is 12.6. The Bertz CT molecular complexity index is 999. The summed E-state index contributed by atoms with van der Waals surface area (Å²) in [6, 6.07) is 11.3. The number of hydrogen-bond acceptors (Lipinski definition) is 4. The second kappa shape index (κ2) is 7.37. The van der Waals surface area contributed by atoms with Crippen LogP contribution < -0.4 is 4.74 Å². The molecule has 2 aromatic rings. The van der Waals surface area contributed by atoms with Gasteiger partial charge in [0.25, 0.3) is 0 Å². The van der Waals surface area contributed by atoms with E-state index in [4.69, 9.17) is 9.47 Å². The van der Waals surface area contributed by atoms with E-state index >= 15 is 0 Å². The van der Waals surface area contributed by atoms with Gasteiger partial charge >= 0.3 is 5.97 Å². The van der Waals surface area contributed by atoms with Crippen molar-refractivity contribution in [3.8, 4) is 5.75 Å². The van der Waals surface area contributed by atoms with Crippen molar-refractivity contribution in [2.24, 2.45) is 17.3 Å². The molecule has 5 heteroatoms. The maximum Gasteiger partial charge on any atom is 0.306 e. The van der Waals surface area contributed by atoms with E-state index < -0.39 is 0 Å². The van der Waals surface area contributed by atoms with Crippen LogP contribution in [0.5, 0.6) is 5.75 Å². The average Bonchev–Trinajstić information content (AvgIpc) is 2.69. The molecule has 0 amide bonds. The number of carbonyl (C=O) groups is 2. The minimum atomic E-state index is -0.230. The topological polar surface area (TPSA) is 52.6 Å². The average molecular weight is 471 g/mol. The molecule has 4 aliphatic rings. The number of methoxy groups -OCH3 is 1. The van der Waals surface area contributed by atoms with E-state index in [1.165, 1.54) is 19.3 Å². The van der Waals surface area contributed by atoms with Crippen molar-refractivity contribution >= 4 is 38.5 Å². The first-order chi connectivity index (χ1) is 14.4. The number of Topliss-reactive ketones (excluding diaryl/α,β-unsaturated/α-hetero) is 1. The van der Waals surface area contributed by atoms with Crippen LogP contribution in [-0.2, 0) is 9.53 Å². The van der Waals surface area contributed by atoms with Crippen LogP contribution in [0, 0.1) is 17.3 Å². The van der Waals surface area contributed by atoms with Crippen molar-refractivity contribution < 1.29 is 19.1 Å². The second-order valence-electron chi connectivity index (χ2n) is 9.80. The highest BCUT2D eigenvalue weighted by Gasteiger charge is 2.57. The number of esters is 1. The molecule has 0 heterocycles. The van der Waals surface area contributed by atoms with Gasteiger partial charge in [0.1, 0.15) is 5.75 Å². The number of fused-ring (bicyclic) bond motifs is 1. The second-order valence-corrected chi connectivity index (χ2v) is 11.5. The van der Waals surface area contributed by atoms with Crippen molar-refractivity contribution in [3.05, 3.63) is 42.0 Å². The molecule has 4 fully saturated rings. The normalized spacial score (nSPS) is 31.7. The van der Waals surface area contributed by atoms with Crippen LogP contribution in [0.2, 0.25) is 0 Å². The standard InChI is InChI=1S/C25H27BrO4/c1-29-21-5-4-18-7-20(3-2-19(18)8-21)22(27)14-30-23(28)13-24-9-16-6-17(10-24)12-25(26,11-16)15-24/h2-5,7-8,16-17H,6,9-15H2,1H3/t16-,17-,24?,25?/m1/s1. The van der Waals surface area contributed by atoms with Crippen molar-refractivity contribution in [1.82, 2.24) is 0 Å². The molecule has 0 aromatic heterocycles. The number of benzene rings is 2. The predicted molar refractivity (Wildman–Crippen MR) is 119 cm³/mol. The van der Waals surface area contributed by atoms with Gasteiger partial charge in [0.2, 0.25) is 0 Å². The van der Waals surface area contributed by atoms with Crippen molar-refractivity contribution in [2.75, 3.05) is 13.7 Å². The van der Waals surface area contributed by atoms with Crippen LogP contribution in [0.3, 0.4) is 0 Å². The summed E-state index contributed by atoms with van der Waals surface area (Å²) in [6.07, 6.45) is 7.57. The first kappa shape index (κ1) is 20.0. The molecule has 0 aliphatic heterocycles. The monoisotopic (exact) mass is 470 g/mol. The van der Waals surface area contributed by atoms with Gasteiger partial charge in [0.15, 0.2) is 12.4 Å². The molecule has 0 spiro atoms. The minimum Gasteiger partial charge on any atom is -0.497 e. The Morgan fingerprint density at radius 3 is 2.43 bits per heavy atom. The Hall–Kier alpha value is -1.88. The molecule has 2 aromatic carbocycles. The zero-order chi connectivity index (χ0) is 20.9. The van der Waals surface area contributed by atoms with Crippen molar-refractivity contribution in [1.29, 1.82) is 0 Å². The Labute approximate surface area is 185 Å². The number of halogens is 1. The third-order valence-corrected chi connectivity index (χ3v) is 8.29. The van der Waals surface area contributed by atoms with E-state index in [0.29, 0.717) is 12.0 Å². The molecule has 6 rings (SSSR count). The molecule has 2 atom stereocenters. The lowest BCUT2D eigenvalue weighted by Gasteiger charge is -2.60. The van der Waals surface area contributed by atoms with Gasteiger partial charge in [-0.15, -0.1) is 0 Å². The zero-order valence-corrected chi connectivity index (χ0v) is 18.9. The fourth-order valence-electron chi connectivity index (χ4n) is 6.65. The van der Waals surface area contributed by atoms with Crippen LogP contribution >= 0.6 is 15.9 Å². The fraction of sp³-hybridized carbons (Fsp3) is 0.520. The first-order valence-corrected chi connectivity index (χ1v) is 11.6. The smallest absolute Gasteiger partial charge is 0.306 e. The third-order valence-electron chi connectivity index (χ3n) is 7.36. The van der Waals surface area contributed by atoms with Gasteiger partial charge in [0, 0.05) is 9.89 Å². The van der Waals surface area contributed by atoms with E-state index in [2.05, 4.69) is 15.9 Å². The molecular weight excluding hydrogens is 444 g/mol. The van der Waals surface area contributed by atoms with Gasteiger partial charge in [-0.25, -0.2) is 0 Å². The zero-order valence-electron chi connectivity index (χ0n) is 17.3. The number of rotatable bonds is 6. The van der Waals surface area contributed by atoms with Crippen LogP contribution in [0.15, 0.2) is 36.4 Å². The van der Waals surface area contributed by atoms with Gasteiger partial charge in [-0.3, -0.25) is 9.59 Å². The quantitative estimate of drug-likeness (QED) is 0.308. The highest BCUT2D eigenvalue weighted by atomic mass is 79.9. The summed E-state index contributed by atoms with van der Waals surface area (Å²) in [4.78, 5) is 25.3. The van der Waals surface area contributed by atoms with Gasteiger partial charge in [-0.2, -0.15) is 0 Å². The summed E-state index contributed by atoms with van der Waals surface area (Å²) in [7, 11) is 1.63. The molecule has 0 saturated heterocycles. The molecule has 4 nitrogen and oxygen atoms in total. The van der Waals surface area contributed by atoms with Crippen molar-refractivity contribution in [2.45, 2.75) is 49.3 Å². The maximum absolute atomic E-state index is 12.6. The molecule has 4 saturated carbocycles. The summed E-state index contributed by atoms with van der Waals surface area (Å²) < 4.78 is 10.9. The van der Waals surface area contributed by atoms with Gasteiger partial charge in [0.05, 0.1) is 13.5 Å². The van der Waals surface area contributed by atoms with E-state index in [1.807, 2.05) is 30.3 Å². The molecule has 158 valence electrons. The van der Waals surface area contributed by atoms with Crippen LogP contribution in [0.4, 0.5) is 0 Å². The van der Waals surface area contributed by atoms with E-state index in [1.54, 1.807) is 13.2 Å². The molecular formula is C25H27BrO4. The van der Waals surface area contributed by atoms with Crippen LogP contribution in [0.25, 0.3) is 10.8 Å². The Morgan fingerprint density at radius 1 is 1.03 bits per heavy atom. The SMILES string of the molecule is COc1ccc2cc(C(=O)COC(=O)CC34C[C@H]5C[C@@H](CC(Br)(C5)C3)C4)ccc2c1. The number of ketones is 1. The lowest BCUT2D eigenvalue weighted by molar-refractivity contribution is -0.149. The highest BCUT2D eigenvalue weighted by molar-refractivity contribution is 9.10. The molecule has 0 unspecified atom stereocenters. The summed E-state index contributed by atoms with van der Waals surface area (Å²) in [5.41, 5.74) is 0.630. The summed E-state index contributed by atoms with van der Waals surface area (Å²) in [5.74, 6) is 1.86. The molecule has 30 heavy (non-hydrogen) atoms. The number of carbonyl (C=O) groups excluding carboxylic acids is 2. The van der Waals surface area contributed by atoms with Crippen LogP contribution in [-0.4, -0.2) is 29.8 Å². The van der Waals surface area contributed by atoms with E-state index in [-0.39, 0.29) is 28.1 Å². The van der Waals surface area contributed by atoms with E-state index in [0.717, 1.165) is 47.6 Å². The molecule has 0 radical (unpaired) electrons. The fourth-order valence-corrected chi connectivity index (χ4v) is 8.16. The molecule has 0 N–H and O–H groups in total. The third kappa shape index (κ3) is 3.77. The van der Waals surface area contributed by atoms with Gasteiger partial charge in [-0.1, -0.05) is 34.1 Å². The highest BCUT2D eigenvalue weighted by Crippen LogP contribution is 2.65. The van der Waals surface area contributed by atoms with Gasteiger partial charge in [-0.05, 0) is 84.7 Å². The largest absolute Gasteiger partial charge is 0.497 e. The Kier molecular flexibility index (Phi) is 4.92. The van der Waals surface area contributed by atoms with Crippen molar-refractivity contribution in [3.63, 3.8) is 0 Å². The lowest BCUT2D eigenvalue weighted by Crippen LogP contribution is -2.53. The minimum absolute atomic E-state index is 0.0652. The number of alkyl halides is 1. The predicted octanol–water partition coefficient (Wildman–Crippen LogP) is 5.70. The number of hydrogen-bond donors (Lipinski definition) is 0. The number of ether oxygens (including phenoxy) is 2. The van der Waals surface area contributed by atoms with Gasteiger partial charge < -0.3 is 9.47 Å². The molecule has 4 aliphatic carbocycles. The Balaban J connectivity index is 1.21. The van der Waals surface area contributed by atoms with Crippen LogP contribution in [0.1, 0.15) is 55.3 Å². The summed E-state index contributed by atoms with van der Waals surface area (Å²) in [6.45, 7) is -0.192. The lowest BCUT2D eigenvalue weighted by atomic mass is 9.49. The summed E-state index contributed by atoms with van der Waals surface area (Å²) >= 11 is 3.99. The first-order valence-electron chi connectivity index (χ1n) is 10.8. The Morgan fingerprint density at radius 2 is 1.73 bits per heavy atom. The van der Waals surface area contributed by atoms with E-state index in [9.17, 15) is 9.59 Å².